The first-order valence-electron chi connectivity index (χ1n) is 10.6. The van der Waals surface area contributed by atoms with Crippen LogP contribution in [0.3, 0.4) is 0 Å². The van der Waals surface area contributed by atoms with Crippen LogP contribution in [0.4, 0.5) is 4.79 Å². The molecule has 1 unspecified atom stereocenters. The van der Waals surface area contributed by atoms with Crippen LogP contribution in [0, 0.1) is 5.92 Å². The number of hydrogen-bond acceptors (Lipinski definition) is 4. The zero-order valence-corrected chi connectivity index (χ0v) is 18.4. The molecule has 162 valence electrons. The van der Waals surface area contributed by atoms with Crippen molar-refractivity contribution < 1.29 is 13.2 Å². The van der Waals surface area contributed by atoms with E-state index in [1.54, 1.807) is 4.90 Å². The summed E-state index contributed by atoms with van der Waals surface area (Å²) in [5, 5.41) is 2.96. The summed E-state index contributed by atoms with van der Waals surface area (Å²) in [5.74, 6) is 0.842. The summed E-state index contributed by atoms with van der Waals surface area (Å²) >= 11 is 0. The molecule has 0 saturated carbocycles. The molecule has 1 aromatic carbocycles. The van der Waals surface area contributed by atoms with Crippen molar-refractivity contribution in [1.82, 2.24) is 19.8 Å². The van der Waals surface area contributed by atoms with Crippen LogP contribution in [0.2, 0.25) is 0 Å². The predicted octanol–water partition coefficient (Wildman–Crippen LogP) is 2.14. The molecule has 1 atom stereocenters. The van der Waals surface area contributed by atoms with E-state index in [1.807, 2.05) is 0 Å². The maximum absolute atomic E-state index is 12.5. The van der Waals surface area contributed by atoms with Gasteiger partial charge in [0.05, 0.1) is 6.26 Å². The average molecular weight is 423 g/mol. The van der Waals surface area contributed by atoms with Crippen molar-refractivity contribution in [3.05, 3.63) is 35.4 Å². The normalized spacial score (nSPS) is 21.9. The Morgan fingerprint density at radius 2 is 1.72 bits per heavy atom. The van der Waals surface area contributed by atoms with E-state index in [0.717, 1.165) is 37.1 Å². The van der Waals surface area contributed by atoms with Crippen LogP contribution < -0.4 is 10.0 Å². The molecule has 0 bridgehead atoms. The highest BCUT2D eigenvalue weighted by Gasteiger charge is 2.25. The molecular formula is C21H34N4O3S. The van der Waals surface area contributed by atoms with Gasteiger partial charge in [0.2, 0.25) is 10.0 Å². The SMILES string of the molecule is CC1CCN(Cc2ccc(CNC(=O)N3CCCC(NS(C)(=O)=O)C3)cc2)CC1. The monoisotopic (exact) mass is 422 g/mol. The first-order valence-corrected chi connectivity index (χ1v) is 12.5. The van der Waals surface area contributed by atoms with Crippen molar-refractivity contribution in [1.29, 1.82) is 0 Å². The Morgan fingerprint density at radius 3 is 2.38 bits per heavy atom. The number of sulfonamides is 1. The Kier molecular flexibility index (Phi) is 7.54. The number of hydrogen-bond donors (Lipinski definition) is 2. The van der Waals surface area contributed by atoms with E-state index < -0.39 is 10.0 Å². The van der Waals surface area contributed by atoms with Gasteiger partial charge in [-0.15, -0.1) is 0 Å². The summed E-state index contributed by atoms with van der Waals surface area (Å²) in [7, 11) is -3.26. The quantitative estimate of drug-likeness (QED) is 0.736. The number of rotatable bonds is 6. The molecule has 2 amide bonds. The first kappa shape index (κ1) is 22.1. The molecule has 0 aliphatic carbocycles. The molecule has 2 saturated heterocycles. The number of nitrogens with zero attached hydrogens (tertiary/aromatic N) is 2. The standard InChI is InChI=1S/C21H34N4O3S/c1-17-9-12-24(13-10-17)15-19-7-5-18(6-8-19)14-22-21(26)25-11-3-4-20(16-25)23-29(2,27)28/h5-8,17,20,23H,3-4,9-16H2,1-2H3,(H,22,26). The second-order valence-electron chi connectivity index (χ2n) is 8.61. The topological polar surface area (TPSA) is 81.8 Å². The predicted molar refractivity (Wildman–Crippen MR) is 115 cm³/mol. The maximum Gasteiger partial charge on any atom is 0.317 e. The van der Waals surface area contributed by atoms with Crippen LogP contribution in [0.1, 0.15) is 43.7 Å². The van der Waals surface area contributed by atoms with Crippen molar-refractivity contribution in [3.8, 4) is 0 Å². The molecule has 2 fully saturated rings. The molecule has 2 N–H and O–H groups in total. The van der Waals surface area contributed by atoms with Crippen LogP contribution in [-0.2, 0) is 23.1 Å². The zero-order valence-electron chi connectivity index (χ0n) is 17.6. The number of carbonyl (C=O) groups is 1. The molecule has 3 rings (SSSR count). The van der Waals surface area contributed by atoms with Crippen molar-refractivity contribution in [2.45, 2.75) is 51.7 Å². The van der Waals surface area contributed by atoms with Gasteiger partial charge in [0, 0.05) is 32.2 Å². The van der Waals surface area contributed by atoms with Gasteiger partial charge in [-0.3, -0.25) is 4.90 Å². The Hall–Kier alpha value is -1.64. The fraction of sp³-hybridized carbons (Fsp3) is 0.667. The number of urea groups is 1. The molecule has 2 aliphatic heterocycles. The van der Waals surface area contributed by atoms with E-state index in [0.29, 0.717) is 19.6 Å². The van der Waals surface area contributed by atoms with E-state index in [-0.39, 0.29) is 12.1 Å². The molecule has 1 aromatic rings. The molecular weight excluding hydrogens is 388 g/mol. The van der Waals surface area contributed by atoms with Crippen LogP contribution in [-0.4, -0.2) is 62.7 Å². The van der Waals surface area contributed by atoms with Gasteiger partial charge in [-0.25, -0.2) is 17.9 Å². The summed E-state index contributed by atoms with van der Waals surface area (Å²) in [6.45, 7) is 7.19. The van der Waals surface area contributed by atoms with Crippen molar-refractivity contribution in [2.75, 3.05) is 32.4 Å². The van der Waals surface area contributed by atoms with Gasteiger partial charge < -0.3 is 10.2 Å². The Morgan fingerprint density at radius 1 is 1.07 bits per heavy atom. The van der Waals surface area contributed by atoms with Gasteiger partial charge in [-0.2, -0.15) is 0 Å². The van der Waals surface area contributed by atoms with Crippen molar-refractivity contribution in [3.63, 3.8) is 0 Å². The maximum atomic E-state index is 12.5. The Labute approximate surface area is 174 Å². The number of carbonyl (C=O) groups excluding carboxylic acids is 1. The molecule has 0 radical (unpaired) electrons. The van der Waals surface area contributed by atoms with E-state index >= 15 is 0 Å². The van der Waals surface area contributed by atoms with E-state index in [2.05, 4.69) is 46.1 Å². The molecule has 0 spiro atoms. The van der Waals surface area contributed by atoms with Crippen molar-refractivity contribution in [2.24, 2.45) is 5.92 Å². The van der Waals surface area contributed by atoms with Crippen molar-refractivity contribution >= 4 is 16.1 Å². The molecule has 2 aliphatic rings. The number of amides is 2. The molecule has 0 aromatic heterocycles. The lowest BCUT2D eigenvalue weighted by Gasteiger charge is -2.32. The summed E-state index contributed by atoms with van der Waals surface area (Å²) in [5.41, 5.74) is 2.37. The lowest BCUT2D eigenvalue weighted by Crippen LogP contribution is -2.51. The number of likely N-dealkylation sites (tertiary alicyclic amines) is 2. The second-order valence-corrected chi connectivity index (χ2v) is 10.4. The van der Waals surface area contributed by atoms with Gasteiger partial charge in [-0.05, 0) is 55.8 Å². The fourth-order valence-electron chi connectivity index (χ4n) is 4.09. The van der Waals surface area contributed by atoms with Gasteiger partial charge in [0.1, 0.15) is 0 Å². The van der Waals surface area contributed by atoms with Crippen LogP contribution in [0.15, 0.2) is 24.3 Å². The molecule has 2 heterocycles. The highest BCUT2D eigenvalue weighted by molar-refractivity contribution is 7.88. The third kappa shape index (κ3) is 7.28. The highest BCUT2D eigenvalue weighted by Crippen LogP contribution is 2.18. The minimum absolute atomic E-state index is 0.142. The highest BCUT2D eigenvalue weighted by atomic mass is 32.2. The largest absolute Gasteiger partial charge is 0.334 e. The van der Waals surface area contributed by atoms with E-state index in [4.69, 9.17) is 0 Å². The minimum atomic E-state index is -3.26. The number of nitrogens with one attached hydrogen (secondary N) is 2. The summed E-state index contributed by atoms with van der Waals surface area (Å²) in [6.07, 6.45) is 5.27. The average Bonchev–Trinajstić information content (AvgIpc) is 2.68. The number of benzene rings is 1. The number of piperidine rings is 2. The molecule has 8 heteroatoms. The van der Waals surface area contributed by atoms with Gasteiger partial charge in [-0.1, -0.05) is 31.2 Å². The smallest absolute Gasteiger partial charge is 0.317 e. The lowest BCUT2D eigenvalue weighted by atomic mass is 9.99. The van der Waals surface area contributed by atoms with E-state index in [9.17, 15) is 13.2 Å². The zero-order chi connectivity index (χ0) is 20.9. The second kappa shape index (κ2) is 9.91. The third-order valence-electron chi connectivity index (χ3n) is 5.84. The van der Waals surface area contributed by atoms with Gasteiger partial charge >= 0.3 is 6.03 Å². The van der Waals surface area contributed by atoms with Crippen LogP contribution in [0.25, 0.3) is 0 Å². The summed E-state index contributed by atoms with van der Waals surface area (Å²) in [4.78, 5) is 16.7. The fourth-order valence-corrected chi connectivity index (χ4v) is 4.89. The van der Waals surface area contributed by atoms with E-state index in [1.165, 1.54) is 31.5 Å². The Balaban J connectivity index is 1.44. The summed E-state index contributed by atoms with van der Waals surface area (Å²) in [6, 6.07) is 8.09. The lowest BCUT2D eigenvalue weighted by molar-refractivity contribution is 0.177. The molecule has 29 heavy (non-hydrogen) atoms. The third-order valence-corrected chi connectivity index (χ3v) is 6.60. The Bertz CT molecular complexity index is 774. The van der Waals surface area contributed by atoms with Crippen LogP contribution in [0.5, 0.6) is 0 Å². The van der Waals surface area contributed by atoms with Crippen LogP contribution >= 0.6 is 0 Å². The summed E-state index contributed by atoms with van der Waals surface area (Å²) < 4.78 is 25.4. The minimum Gasteiger partial charge on any atom is -0.334 e. The van der Waals surface area contributed by atoms with Gasteiger partial charge in [0.25, 0.3) is 0 Å². The first-order chi connectivity index (χ1) is 13.8. The molecule has 7 nitrogen and oxygen atoms in total. The van der Waals surface area contributed by atoms with Gasteiger partial charge in [0.15, 0.2) is 0 Å².